The smallest absolute Gasteiger partial charge is 0.349 e. The van der Waals surface area contributed by atoms with E-state index in [-0.39, 0.29) is 17.7 Å². The molecule has 1 aromatic carbocycles. The van der Waals surface area contributed by atoms with Gasteiger partial charge < -0.3 is 14.5 Å². The molecule has 1 amide bonds. The molecule has 5 nitrogen and oxygen atoms in total. The van der Waals surface area contributed by atoms with Gasteiger partial charge in [0, 0.05) is 16.5 Å². The zero-order valence-corrected chi connectivity index (χ0v) is 13.7. The van der Waals surface area contributed by atoms with E-state index < -0.39 is 11.5 Å². The Balaban J connectivity index is 1.86. The van der Waals surface area contributed by atoms with Crippen molar-refractivity contribution in [2.45, 2.75) is 31.9 Å². The quantitative estimate of drug-likeness (QED) is 0.849. The predicted molar refractivity (Wildman–Crippen MR) is 86.1 cm³/mol. The summed E-state index contributed by atoms with van der Waals surface area (Å²) in [5, 5.41) is 3.52. The molecule has 2 atom stereocenters. The van der Waals surface area contributed by atoms with Crippen molar-refractivity contribution in [1.82, 2.24) is 5.32 Å². The summed E-state index contributed by atoms with van der Waals surface area (Å²) in [6, 6.07) is 6.69. The summed E-state index contributed by atoms with van der Waals surface area (Å²) in [5.74, 6) is -0.432. The van der Waals surface area contributed by atoms with Gasteiger partial charge in [0.25, 0.3) is 5.91 Å². The van der Waals surface area contributed by atoms with Crippen LogP contribution in [0.3, 0.4) is 0 Å². The molecule has 22 heavy (non-hydrogen) atoms. The molecule has 1 fully saturated rings. The molecule has 0 aliphatic carbocycles. The molecular weight excluding hydrogens is 350 g/mol. The summed E-state index contributed by atoms with van der Waals surface area (Å²) < 4.78 is 11.6. The highest BCUT2D eigenvalue weighted by atomic mass is 79.9. The first kappa shape index (κ1) is 15.2. The van der Waals surface area contributed by atoms with E-state index in [2.05, 4.69) is 21.2 Å². The van der Waals surface area contributed by atoms with Gasteiger partial charge in [-0.2, -0.15) is 0 Å². The molecule has 3 rings (SSSR count). The lowest BCUT2D eigenvalue weighted by molar-refractivity contribution is 0.0710. The Morgan fingerprint density at radius 1 is 1.41 bits per heavy atom. The zero-order valence-electron chi connectivity index (χ0n) is 12.1. The number of amides is 1. The third kappa shape index (κ3) is 3.08. The maximum absolute atomic E-state index is 12.3. The van der Waals surface area contributed by atoms with Crippen molar-refractivity contribution in [3.05, 3.63) is 44.7 Å². The number of carbonyl (C=O) groups is 1. The molecule has 116 valence electrons. The number of hydrogen-bond acceptors (Lipinski definition) is 4. The topological polar surface area (TPSA) is 68.5 Å². The molecule has 0 saturated carbocycles. The van der Waals surface area contributed by atoms with Gasteiger partial charge in [-0.15, -0.1) is 0 Å². The van der Waals surface area contributed by atoms with Gasteiger partial charge in [0.15, 0.2) is 0 Å². The van der Waals surface area contributed by atoms with Crippen LogP contribution in [0.25, 0.3) is 11.0 Å². The second-order valence-corrected chi connectivity index (χ2v) is 6.36. The summed E-state index contributed by atoms with van der Waals surface area (Å²) in [6.45, 7) is 2.60. The van der Waals surface area contributed by atoms with Crippen LogP contribution in [0.2, 0.25) is 0 Å². The van der Waals surface area contributed by atoms with Gasteiger partial charge in [-0.3, -0.25) is 4.79 Å². The monoisotopic (exact) mass is 365 g/mol. The van der Waals surface area contributed by atoms with Crippen molar-refractivity contribution in [2.24, 2.45) is 0 Å². The molecule has 2 unspecified atom stereocenters. The summed E-state index contributed by atoms with van der Waals surface area (Å²) in [5.41, 5.74) is -0.167. The van der Waals surface area contributed by atoms with Gasteiger partial charge in [-0.25, -0.2) is 4.79 Å². The summed E-state index contributed by atoms with van der Waals surface area (Å²) in [7, 11) is 0. The summed E-state index contributed by atoms with van der Waals surface area (Å²) in [4.78, 5) is 24.3. The van der Waals surface area contributed by atoms with E-state index in [1.165, 1.54) is 0 Å². The molecule has 0 bridgehead atoms. The van der Waals surface area contributed by atoms with Crippen LogP contribution in [0.4, 0.5) is 0 Å². The van der Waals surface area contributed by atoms with Crippen LogP contribution in [0.1, 0.15) is 30.1 Å². The number of carbonyl (C=O) groups excluding carboxylic acids is 1. The highest BCUT2D eigenvalue weighted by Crippen LogP contribution is 2.20. The van der Waals surface area contributed by atoms with Crippen LogP contribution in [-0.4, -0.2) is 24.7 Å². The molecule has 1 saturated heterocycles. The Hall–Kier alpha value is -1.66. The average molecular weight is 366 g/mol. The molecule has 1 aliphatic heterocycles. The van der Waals surface area contributed by atoms with Crippen LogP contribution in [0, 0.1) is 0 Å². The van der Waals surface area contributed by atoms with Gasteiger partial charge >= 0.3 is 5.63 Å². The van der Waals surface area contributed by atoms with Crippen molar-refractivity contribution < 1.29 is 13.9 Å². The molecular formula is C16H16BrNO4. The third-order valence-corrected chi connectivity index (χ3v) is 4.31. The van der Waals surface area contributed by atoms with E-state index in [1.807, 2.05) is 6.92 Å². The Morgan fingerprint density at radius 3 is 2.95 bits per heavy atom. The van der Waals surface area contributed by atoms with Crippen molar-refractivity contribution in [1.29, 1.82) is 0 Å². The number of ether oxygens (including phenoxy) is 1. The summed E-state index contributed by atoms with van der Waals surface area (Å²) in [6.07, 6.45) is 1.92. The standard InChI is InChI=1S/C16H16BrNO4/c1-9(13-3-2-6-21-13)18-15(19)12-8-10-7-11(17)4-5-14(10)22-16(12)20/h4-5,7-9,13H,2-3,6H2,1H3,(H,18,19). The summed E-state index contributed by atoms with van der Waals surface area (Å²) >= 11 is 3.36. The Morgan fingerprint density at radius 2 is 2.23 bits per heavy atom. The maximum atomic E-state index is 12.3. The lowest BCUT2D eigenvalue weighted by atomic mass is 10.1. The third-order valence-electron chi connectivity index (χ3n) is 3.82. The zero-order chi connectivity index (χ0) is 15.7. The minimum absolute atomic E-state index is 0.00518. The van der Waals surface area contributed by atoms with E-state index in [1.54, 1.807) is 24.3 Å². The Labute approximate surface area is 135 Å². The van der Waals surface area contributed by atoms with Gasteiger partial charge in [-0.1, -0.05) is 15.9 Å². The van der Waals surface area contributed by atoms with Crippen LogP contribution in [0.5, 0.6) is 0 Å². The lowest BCUT2D eigenvalue weighted by Crippen LogP contribution is -2.42. The van der Waals surface area contributed by atoms with Crippen molar-refractivity contribution in [3.8, 4) is 0 Å². The molecule has 2 heterocycles. The van der Waals surface area contributed by atoms with Crippen LogP contribution < -0.4 is 10.9 Å². The van der Waals surface area contributed by atoms with Crippen LogP contribution in [0.15, 0.2) is 37.9 Å². The highest BCUT2D eigenvalue weighted by Gasteiger charge is 2.25. The molecule has 0 radical (unpaired) electrons. The van der Waals surface area contributed by atoms with Crippen LogP contribution in [-0.2, 0) is 4.74 Å². The predicted octanol–water partition coefficient (Wildman–Crippen LogP) is 2.85. The first-order valence-electron chi connectivity index (χ1n) is 7.20. The number of nitrogens with one attached hydrogen (secondary N) is 1. The van der Waals surface area contributed by atoms with E-state index in [4.69, 9.17) is 9.15 Å². The van der Waals surface area contributed by atoms with Gasteiger partial charge in [-0.05, 0) is 44.0 Å². The molecule has 0 spiro atoms. The fourth-order valence-corrected chi connectivity index (χ4v) is 3.01. The highest BCUT2D eigenvalue weighted by molar-refractivity contribution is 9.10. The molecule has 1 N–H and O–H groups in total. The van der Waals surface area contributed by atoms with Gasteiger partial charge in [0.1, 0.15) is 11.1 Å². The maximum Gasteiger partial charge on any atom is 0.349 e. The van der Waals surface area contributed by atoms with Gasteiger partial charge in [0.05, 0.1) is 12.1 Å². The minimum Gasteiger partial charge on any atom is -0.422 e. The van der Waals surface area contributed by atoms with E-state index >= 15 is 0 Å². The Kier molecular flexibility index (Phi) is 4.31. The van der Waals surface area contributed by atoms with E-state index in [0.29, 0.717) is 11.0 Å². The second-order valence-electron chi connectivity index (χ2n) is 5.44. The van der Waals surface area contributed by atoms with E-state index in [0.717, 1.165) is 23.9 Å². The normalized spacial score (nSPS) is 19.3. The van der Waals surface area contributed by atoms with Crippen LogP contribution >= 0.6 is 15.9 Å². The SMILES string of the molecule is CC(NC(=O)c1cc2cc(Br)ccc2oc1=O)C1CCCO1. The molecule has 1 aromatic heterocycles. The number of halogens is 1. The molecule has 1 aliphatic rings. The van der Waals surface area contributed by atoms with E-state index in [9.17, 15) is 9.59 Å². The molecule has 6 heteroatoms. The average Bonchev–Trinajstić information content (AvgIpc) is 3.01. The second kappa shape index (κ2) is 6.22. The number of fused-ring (bicyclic) bond motifs is 1. The lowest BCUT2D eigenvalue weighted by Gasteiger charge is -2.19. The molecule has 2 aromatic rings. The number of benzene rings is 1. The van der Waals surface area contributed by atoms with Crippen molar-refractivity contribution in [2.75, 3.05) is 6.61 Å². The van der Waals surface area contributed by atoms with Crippen molar-refractivity contribution >= 4 is 32.8 Å². The largest absolute Gasteiger partial charge is 0.422 e. The van der Waals surface area contributed by atoms with Crippen molar-refractivity contribution in [3.63, 3.8) is 0 Å². The first-order chi connectivity index (χ1) is 10.5. The number of rotatable bonds is 3. The minimum atomic E-state index is -0.633. The first-order valence-corrected chi connectivity index (χ1v) is 8.00. The fourth-order valence-electron chi connectivity index (χ4n) is 2.63. The van der Waals surface area contributed by atoms with Gasteiger partial charge in [0.2, 0.25) is 0 Å². The fraction of sp³-hybridized carbons (Fsp3) is 0.375. The Bertz CT molecular complexity index is 764. The number of hydrogen-bond donors (Lipinski definition) is 1.